The lowest BCUT2D eigenvalue weighted by Gasteiger charge is -2.16. The van der Waals surface area contributed by atoms with Crippen LogP contribution >= 0.6 is 0 Å². The number of nitrogens with zero attached hydrogens (tertiary/aromatic N) is 2. The van der Waals surface area contributed by atoms with E-state index in [1.807, 2.05) is 30.3 Å². The average molecular weight is 334 g/mol. The smallest absolute Gasteiger partial charge is 0.257 e. The molecule has 5 nitrogen and oxygen atoms in total. The summed E-state index contributed by atoms with van der Waals surface area (Å²) >= 11 is 0. The first-order valence-electron chi connectivity index (χ1n) is 8.83. The lowest BCUT2D eigenvalue weighted by Crippen LogP contribution is -2.17. The molecule has 2 aromatic carbocycles. The van der Waals surface area contributed by atoms with Crippen LogP contribution in [0, 0.1) is 0 Å². The van der Waals surface area contributed by atoms with Gasteiger partial charge in [-0.05, 0) is 42.7 Å². The van der Waals surface area contributed by atoms with E-state index >= 15 is 0 Å². The highest BCUT2D eigenvalue weighted by molar-refractivity contribution is 6.04. The molecule has 4 rings (SSSR count). The lowest BCUT2D eigenvalue weighted by atomic mass is 10.1. The van der Waals surface area contributed by atoms with E-state index in [1.54, 1.807) is 12.1 Å². The third-order valence-electron chi connectivity index (χ3n) is 4.96. The molecule has 1 amide bonds. The van der Waals surface area contributed by atoms with Gasteiger partial charge in [-0.2, -0.15) is 0 Å². The molecule has 0 atom stereocenters. The zero-order valence-corrected chi connectivity index (χ0v) is 14.1. The standard InChI is InChI=1S/C20H22N4O/c21-13-14-9-11-15(12-10-14)19(25)23-20-22-17-7-3-4-8-18(17)24(20)16-5-1-2-6-16/h3-4,7-12,16H,1-2,5-6,13,21H2,(H,22,23,25). The second-order valence-electron chi connectivity index (χ2n) is 6.59. The highest BCUT2D eigenvalue weighted by Crippen LogP contribution is 2.35. The Bertz CT molecular complexity index is 892. The summed E-state index contributed by atoms with van der Waals surface area (Å²) < 4.78 is 2.20. The Balaban J connectivity index is 1.68. The van der Waals surface area contributed by atoms with Crippen molar-refractivity contribution in [1.82, 2.24) is 9.55 Å². The Morgan fingerprint density at radius 1 is 1.12 bits per heavy atom. The van der Waals surface area contributed by atoms with Gasteiger partial charge in [0.1, 0.15) is 0 Å². The van der Waals surface area contributed by atoms with E-state index in [1.165, 1.54) is 12.8 Å². The highest BCUT2D eigenvalue weighted by Gasteiger charge is 2.23. The SMILES string of the molecule is NCc1ccc(C(=O)Nc2nc3ccccc3n2C2CCCC2)cc1. The topological polar surface area (TPSA) is 72.9 Å². The Morgan fingerprint density at radius 2 is 1.84 bits per heavy atom. The molecule has 0 bridgehead atoms. The fourth-order valence-electron chi connectivity index (χ4n) is 3.63. The van der Waals surface area contributed by atoms with Crippen LogP contribution in [0.4, 0.5) is 5.95 Å². The van der Waals surface area contributed by atoms with Gasteiger partial charge in [0.15, 0.2) is 0 Å². The fourth-order valence-corrected chi connectivity index (χ4v) is 3.63. The number of carbonyl (C=O) groups is 1. The quantitative estimate of drug-likeness (QED) is 0.761. The van der Waals surface area contributed by atoms with E-state index in [4.69, 9.17) is 5.73 Å². The van der Waals surface area contributed by atoms with Crippen molar-refractivity contribution < 1.29 is 4.79 Å². The number of para-hydroxylation sites is 2. The van der Waals surface area contributed by atoms with Crippen LogP contribution in [0.3, 0.4) is 0 Å². The molecule has 3 aromatic rings. The molecule has 1 aliphatic rings. The largest absolute Gasteiger partial charge is 0.326 e. The molecule has 5 heteroatoms. The van der Waals surface area contributed by atoms with Crippen molar-refractivity contribution in [3.05, 3.63) is 59.7 Å². The second-order valence-corrected chi connectivity index (χ2v) is 6.59. The number of nitrogens with two attached hydrogens (primary N) is 1. The maximum Gasteiger partial charge on any atom is 0.257 e. The first kappa shape index (κ1) is 15.8. The monoisotopic (exact) mass is 334 g/mol. The number of nitrogens with one attached hydrogen (secondary N) is 1. The predicted octanol–water partition coefficient (Wildman–Crippen LogP) is 3.86. The summed E-state index contributed by atoms with van der Waals surface area (Å²) in [6.45, 7) is 0.472. The zero-order valence-electron chi connectivity index (χ0n) is 14.1. The van der Waals surface area contributed by atoms with Crippen LogP contribution in [0.1, 0.15) is 47.6 Å². The summed E-state index contributed by atoms with van der Waals surface area (Å²) in [7, 11) is 0. The molecule has 0 spiro atoms. The van der Waals surface area contributed by atoms with Gasteiger partial charge in [0, 0.05) is 18.2 Å². The summed E-state index contributed by atoms with van der Waals surface area (Å²) in [5.74, 6) is 0.499. The van der Waals surface area contributed by atoms with Gasteiger partial charge in [0.25, 0.3) is 5.91 Å². The van der Waals surface area contributed by atoms with E-state index in [-0.39, 0.29) is 5.91 Å². The van der Waals surface area contributed by atoms with Crippen molar-refractivity contribution in [2.45, 2.75) is 38.3 Å². The van der Waals surface area contributed by atoms with Crippen LogP contribution in [0.25, 0.3) is 11.0 Å². The van der Waals surface area contributed by atoms with Gasteiger partial charge in [-0.15, -0.1) is 0 Å². The molecule has 0 aliphatic heterocycles. The van der Waals surface area contributed by atoms with Crippen LogP contribution in [-0.4, -0.2) is 15.5 Å². The highest BCUT2D eigenvalue weighted by atomic mass is 16.1. The average Bonchev–Trinajstić information content (AvgIpc) is 3.28. The molecule has 0 saturated heterocycles. The van der Waals surface area contributed by atoms with Gasteiger partial charge >= 0.3 is 0 Å². The van der Waals surface area contributed by atoms with Crippen molar-refractivity contribution >= 4 is 22.9 Å². The molecule has 1 aromatic heterocycles. The minimum absolute atomic E-state index is 0.141. The van der Waals surface area contributed by atoms with Gasteiger partial charge in [0.05, 0.1) is 11.0 Å². The number of anilines is 1. The maximum atomic E-state index is 12.7. The number of carbonyl (C=O) groups excluding carboxylic acids is 1. The Morgan fingerprint density at radius 3 is 2.56 bits per heavy atom. The van der Waals surface area contributed by atoms with Crippen molar-refractivity contribution in [3.63, 3.8) is 0 Å². The maximum absolute atomic E-state index is 12.7. The number of benzene rings is 2. The number of fused-ring (bicyclic) bond motifs is 1. The van der Waals surface area contributed by atoms with Crippen LogP contribution < -0.4 is 11.1 Å². The lowest BCUT2D eigenvalue weighted by molar-refractivity contribution is 0.102. The summed E-state index contributed by atoms with van der Waals surface area (Å²) in [6.07, 6.45) is 4.72. The fraction of sp³-hybridized carbons (Fsp3) is 0.300. The predicted molar refractivity (Wildman–Crippen MR) is 99.5 cm³/mol. The Labute approximate surface area is 146 Å². The Kier molecular flexibility index (Phi) is 4.24. The third-order valence-corrected chi connectivity index (χ3v) is 4.96. The molecular formula is C20H22N4O. The molecule has 1 fully saturated rings. The van der Waals surface area contributed by atoms with Gasteiger partial charge in [0.2, 0.25) is 5.95 Å². The second kappa shape index (κ2) is 6.69. The normalized spacial score (nSPS) is 14.9. The van der Waals surface area contributed by atoms with Gasteiger partial charge < -0.3 is 10.3 Å². The molecule has 1 heterocycles. The number of aromatic nitrogens is 2. The first-order chi connectivity index (χ1) is 12.3. The van der Waals surface area contributed by atoms with Crippen LogP contribution in [-0.2, 0) is 6.54 Å². The van der Waals surface area contributed by atoms with Crippen molar-refractivity contribution in [3.8, 4) is 0 Å². The summed E-state index contributed by atoms with van der Waals surface area (Å²) in [6, 6.07) is 15.9. The van der Waals surface area contributed by atoms with Gasteiger partial charge in [-0.1, -0.05) is 37.1 Å². The minimum Gasteiger partial charge on any atom is -0.326 e. The number of imidazole rings is 1. The van der Waals surface area contributed by atoms with Crippen molar-refractivity contribution in [2.24, 2.45) is 5.73 Å². The molecular weight excluding hydrogens is 312 g/mol. The molecule has 0 radical (unpaired) electrons. The van der Waals surface area contributed by atoms with Gasteiger partial charge in [-0.3, -0.25) is 10.1 Å². The summed E-state index contributed by atoms with van der Waals surface area (Å²) in [4.78, 5) is 17.3. The van der Waals surface area contributed by atoms with Crippen LogP contribution in [0.15, 0.2) is 48.5 Å². The number of amides is 1. The van der Waals surface area contributed by atoms with Crippen molar-refractivity contribution in [2.75, 3.05) is 5.32 Å². The molecule has 1 aliphatic carbocycles. The molecule has 25 heavy (non-hydrogen) atoms. The number of hydrogen-bond donors (Lipinski definition) is 2. The molecule has 1 saturated carbocycles. The number of hydrogen-bond acceptors (Lipinski definition) is 3. The van der Waals surface area contributed by atoms with E-state index in [0.717, 1.165) is 29.4 Å². The van der Waals surface area contributed by atoms with E-state index in [9.17, 15) is 4.79 Å². The summed E-state index contributed by atoms with van der Waals surface area (Å²) in [5, 5.41) is 3.01. The molecule has 3 N–H and O–H groups in total. The van der Waals surface area contributed by atoms with Crippen LogP contribution in [0.5, 0.6) is 0 Å². The molecule has 128 valence electrons. The third kappa shape index (κ3) is 3.03. The zero-order chi connectivity index (χ0) is 17.2. The minimum atomic E-state index is -0.141. The van der Waals surface area contributed by atoms with E-state index < -0.39 is 0 Å². The number of rotatable bonds is 4. The summed E-state index contributed by atoms with van der Waals surface area (Å²) in [5.41, 5.74) is 9.25. The first-order valence-corrected chi connectivity index (χ1v) is 8.83. The van der Waals surface area contributed by atoms with Gasteiger partial charge in [-0.25, -0.2) is 4.98 Å². The van der Waals surface area contributed by atoms with E-state index in [0.29, 0.717) is 24.1 Å². The van der Waals surface area contributed by atoms with E-state index in [2.05, 4.69) is 20.9 Å². The Hall–Kier alpha value is -2.66. The van der Waals surface area contributed by atoms with Crippen molar-refractivity contribution in [1.29, 1.82) is 0 Å². The van der Waals surface area contributed by atoms with Crippen LogP contribution in [0.2, 0.25) is 0 Å². The molecule has 0 unspecified atom stereocenters.